The van der Waals surface area contributed by atoms with Crippen LogP contribution in [0.1, 0.15) is 28.4 Å². The summed E-state index contributed by atoms with van der Waals surface area (Å²) in [5, 5.41) is 9.72. The van der Waals surface area contributed by atoms with Gasteiger partial charge in [-0.15, -0.1) is 0 Å². The van der Waals surface area contributed by atoms with Gasteiger partial charge in [0.1, 0.15) is 6.04 Å². The molecular weight excluding hydrogens is 334 g/mol. The molecule has 6 heteroatoms. The van der Waals surface area contributed by atoms with E-state index in [1.54, 1.807) is 37.4 Å². The normalized spacial score (nSPS) is 14.1. The Hall–Kier alpha value is -3.02. The zero-order valence-electron chi connectivity index (χ0n) is 14.8. The lowest BCUT2D eigenvalue weighted by molar-refractivity contribution is -0.142. The van der Waals surface area contributed by atoms with Crippen LogP contribution in [0.25, 0.3) is 0 Å². The number of ether oxygens (including phenoxy) is 2. The Morgan fingerprint density at radius 3 is 2.65 bits per heavy atom. The molecular formula is C20H21NO5. The molecule has 0 saturated carbocycles. The largest absolute Gasteiger partial charge is 0.493 e. The SMILES string of the molecule is CCOc1cc(CC(C(=O)O)N2Cc3ccccc3C2=O)ccc1OC. The number of carbonyl (C=O) groups is 2. The first-order chi connectivity index (χ1) is 12.5. The van der Waals surface area contributed by atoms with Gasteiger partial charge in [-0.05, 0) is 36.2 Å². The summed E-state index contributed by atoms with van der Waals surface area (Å²) >= 11 is 0. The van der Waals surface area contributed by atoms with Crippen LogP contribution in [0.3, 0.4) is 0 Å². The number of hydrogen-bond acceptors (Lipinski definition) is 4. The predicted octanol–water partition coefficient (Wildman–Crippen LogP) is 2.75. The summed E-state index contributed by atoms with van der Waals surface area (Å²) in [6.07, 6.45) is 0.194. The molecule has 136 valence electrons. The molecule has 1 amide bonds. The summed E-state index contributed by atoms with van der Waals surface area (Å²) < 4.78 is 10.8. The van der Waals surface area contributed by atoms with E-state index in [9.17, 15) is 14.7 Å². The molecule has 1 aliphatic rings. The molecule has 2 aromatic carbocycles. The maximum Gasteiger partial charge on any atom is 0.326 e. The lowest BCUT2D eigenvalue weighted by Gasteiger charge is -2.24. The molecule has 0 bridgehead atoms. The Balaban J connectivity index is 1.86. The molecule has 0 radical (unpaired) electrons. The number of rotatable bonds is 7. The molecule has 6 nitrogen and oxygen atoms in total. The number of methoxy groups -OCH3 is 1. The van der Waals surface area contributed by atoms with Gasteiger partial charge < -0.3 is 19.5 Å². The van der Waals surface area contributed by atoms with Gasteiger partial charge in [0.2, 0.25) is 0 Å². The molecule has 0 aliphatic carbocycles. The van der Waals surface area contributed by atoms with Crippen LogP contribution in [0.15, 0.2) is 42.5 Å². The van der Waals surface area contributed by atoms with Gasteiger partial charge in [0.05, 0.1) is 13.7 Å². The number of hydrogen-bond donors (Lipinski definition) is 1. The van der Waals surface area contributed by atoms with Crippen molar-refractivity contribution in [1.82, 2.24) is 4.90 Å². The minimum atomic E-state index is -1.03. The first kappa shape index (κ1) is 17.8. The highest BCUT2D eigenvalue weighted by Crippen LogP contribution is 2.30. The van der Waals surface area contributed by atoms with E-state index >= 15 is 0 Å². The van der Waals surface area contributed by atoms with Gasteiger partial charge in [-0.2, -0.15) is 0 Å². The van der Waals surface area contributed by atoms with E-state index in [-0.39, 0.29) is 12.3 Å². The third-order valence-corrected chi connectivity index (χ3v) is 4.47. The van der Waals surface area contributed by atoms with Crippen molar-refractivity contribution in [2.45, 2.75) is 25.9 Å². The van der Waals surface area contributed by atoms with Crippen LogP contribution < -0.4 is 9.47 Å². The van der Waals surface area contributed by atoms with E-state index in [2.05, 4.69) is 0 Å². The molecule has 0 fully saturated rings. The third-order valence-electron chi connectivity index (χ3n) is 4.47. The number of aliphatic carboxylic acids is 1. The predicted molar refractivity (Wildman–Crippen MR) is 95.6 cm³/mol. The van der Waals surface area contributed by atoms with Crippen LogP contribution in [0.4, 0.5) is 0 Å². The molecule has 1 heterocycles. The molecule has 3 rings (SSSR count). The van der Waals surface area contributed by atoms with Crippen LogP contribution >= 0.6 is 0 Å². The van der Waals surface area contributed by atoms with Gasteiger partial charge in [0, 0.05) is 18.5 Å². The third kappa shape index (κ3) is 3.35. The smallest absolute Gasteiger partial charge is 0.326 e. The molecule has 26 heavy (non-hydrogen) atoms. The van der Waals surface area contributed by atoms with Crippen molar-refractivity contribution < 1.29 is 24.2 Å². The van der Waals surface area contributed by atoms with Crippen LogP contribution in [0, 0.1) is 0 Å². The lowest BCUT2D eigenvalue weighted by Crippen LogP contribution is -2.42. The Morgan fingerprint density at radius 2 is 2.00 bits per heavy atom. The van der Waals surface area contributed by atoms with Gasteiger partial charge >= 0.3 is 5.97 Å². The Kier molecular flexibility index (Phi) is 5.11. The quantitative estimate of drug-likeness (QED) is 0.826. The second kappa shape index (κ2) is 7.47. The number of benzene rings is 2. The molecule has 0 spiro atoms. The summed E-state index contributed by atoms with van der Waals surface area (Å²) in [6, 6.07) is 11.6. The number of amides is 1. The van der Waals surface area contributed by atoms with E-state index in [1.807, 2.05) is 19.1 Å². The fraction of sp³-hybridized carbons (Fsp3) is 0.300. The average molecular weight is 355 g/mol. The number of carboxylic acid groups (broad SMARTS) is 1. The number of nitrogens with zero attached hydrogens (tertiary/aromatic N) is 1. The second-order valence-electron chi connectivity index (χ2n) is 6.07. The summed E-state index contributed by atoms with van der Waals surface area (Å²) in [4.78, 5) is 25.9. The van der Waals surface area contributed by atoms with Crippen LogP contribution in [0.2, 0.25) is 0 Å². The fourth-order valence-electron chi connectivity index (χ4n) is 3.20. The first-order valence-electron chi connectivity index (χ1n) is 8.46. The maximum atomic E-state index is 12.6. The van der Waals surface area contributed by atoms with Crippen molar-refractivity contribution in [2.75, 3.05) is 13.7 Å². The first-order valence-corrected chi connectivity index (χ1v) is 8.46. The summed E-state index contributed by atoms with van der Waals surface area (Å²) in [5.74, 6) is -0.119. The molecule has 2 aromatic rings. The lowest BCUT2D eigenvalue weighted by atomic mass is 10.0. The molecule has 1 N–H and O–H groups in total. The highest BCUT2D eigenvalue weighted by molar-refractivity contribution is 6.00. The van der Waals surface area contributed by atoms with E-state index in [4.69, 9.17) is 9.47 Å². The molecule has 0 aromatic heterocycles. The van der Waals surface area contributed by atoms with Crippen molar-refractivity contribution in [3.8, 4) is 11.5 Å². The summed E-state index contributed by atoms with van der Waals surface area (Å²) in [5.41, 5.74) is 2.20. The zero-order valence-corrected chi connectivity index (χ0v) is 14.8. The monoisotopic (exact) mass is 355 g/mol. The van der Waals surface area contributed by atoms with Gasteiger partial charge in [-0.25, -0.2) is 4.79 Å². The van der Waals surface area contributed by atoms with E-state index in [1.165, 1.54) is 4.90 Å². The highest BCUT2D eigenvalue weighted by Gasteiger charge is 2.36. The minimum Gasteiger partial charge on any atom is -0.493 e. The summed E-state index contributed by atoms with van der Waals surface area (Å²) in [7, 11) is 1.55. The van der Waals surface area contributed by atoms with E-state index in [0.29, 0.717) is 30.2 Å². The van der Waals surface area contributed by atoms with Crippen molar-refractivity contribution in [2.24, 2.45) is 0 Å². The van der Waals surface area contributed by atoms with Crippen molar-refractivity contribution in [1.29, 1.82) is 0 Å². The van der Waals surface area contributed by atoms with Crippen molar-refractivity contribution >= 4 is 11.9 Å². The van der Waals surface area contributed by atoms with Gasteiger partial charge in [0.25, 0.3) is 5.91 Å². The Bertz CT molecular complexity index is 833. The van der Waals surface area contributed by atoms with Crippen LogP contribution in [0.5, 0.6) is 11.5 Å². The Morgan fingerprint density at radius 1 is 1.23 bits per heavy atom. The molecule has 1 unspecified atom stereocenters. The standard InChI is InChI=1S/C20H21NO5/c1-3-26-18-11-13(8-9-17(18)25-2)10-16(20(23)24)21-12-14-6-4-5-7-15(14)19(21)22/h4-9,11,16H,3,10,12H2,1-2H3,(H,23,24). The van der Waals surface area contributed by atoms with Gasteiger partial charge in [0.15, 0.2) is 11.5 Å². The van der Waals surface area contributed by atoms with E-state index < -0.39 is 12.0 Å². The number of carboxylic acids is 1. The maximum absolute atomic E-state index is 12.6. The number of fused-ring (bicyclic) bond motifs is 1. The van der Waals surface area contributed by atoms with Crippen LogP contribution in [-0.2, 0) is 17.8 Å². The minimum absolute atomic E-state index is 0.194. The molecule has 0 saturated heterocycles. The summed E-state index contributed by atoms with van der Waals surface area (Å²) in [6.45, 7) is 2.65. The van der Waals surface area contributed by atoms with Crippen molar-refractivity contribution in [3.63, 3.8) is 0 Å². The fourth-order valence-corrected chi connectivity index (χ4v) is 3.20. The van der Waals surface area contributed by atoms with E-state index in [0.717, 1.165) is 11.1 Å². The van der Waals surface area contributed by atoms with Crippen molar-refractivity contribution in [3.05, 3.63) is 59.2 Å². The number of carbonyl (C=O) groups excluding carboxylic acids is 1. The van der Waals surface area contributed by atoms with Gasteiger partial charge in [-0.3, -0.25) is 4.79 Å². The average Bonchev–Trinajstić information content (AvgIpc) is 2.97. The second-order valence-corrected chi connectivity index (χ2v) is 6.07. The molecule has 1 atom stereocenters. The Labute approximate surface area is 152 Å². The van der Waals surface area contributed by atoms with Gasteiger partial charge in [-0.1, -0.05) is 24.3 Å². The highest BCUT2D eigenvalue weighted by atomic mass is 16.5. The van der Waals surface area contributed by atoms with Crippen LogP contribution in [-0.4, -0.2) is 41.6 Å². The molecule has 1 aliphatic heterocycles. The zero-order chi connectivity index (χ0) is 18.7. The topological polar surface area (TPSA) is 76.1 Å².